The summed E-state index contributed by atoms with van der Waals surface area (Å²) in [6.07, 6.45) is 0.554. The lowest BCUT2D eigenvalue weighted by atomic mass is 9.67. The average Bonchev–Trinajstić information content (AvgIpc) is 2.03. The molecule has 2 fully saturated rings. The lowest BCUT2D eigenvalue weighted by Crippen LogP contribution is -2.37. The van der Waals surface area contributed by atoms with Crippen LogP contribution in [0.5, 0.6) is 0 Å². The summed E-state index contributed by atoms with van der Waals surface area (Å²) < 4.78 is 0. The third-order valence-electron chi connectivity index (χ3n) is 2.43. The Bertz CT molecular complexity index is 279. The Morgan fingerprint density at radius 3 is 2.73 bits per heavy atom. The van der Waals surface area contributed by atoms with Crippen molar-refractivity contribution in [2.45, 2.75) is 6.42 Å². The zero-order chi connectivity index (χ0) is 8.01. The predicted molar refractivity (Wildman–Crippen MR) is 33.8 cm³/mol. The molecular weight excluding hydrogens is 144 g/mol. The predicted octanol–water partition coefficient (Wildman–Crippen LogP) is -0.581. The monoisotopic (exact) mass is 150 g/mol. The van der Waals surface area contributed by atoms with Gasteiger partial charge >= 0.3 is 0 Å². The van der Waals surface area contributed by atoms with Gasteiger partial charge in [-0.3, -0.25) is 14.9 Å². The summed E-state index contributed by atoms with van der Waals surface area (Å²) in [7, 11) is 0. The van der Waals surface area contributed by atoms with E-state index in [0.717, 1.165) is 0 Å². The molecule has 2 amide bonds. The minimum Gasteiger partial charge on any atom is -0.296 e. The van der Waals surface area contributed by atoms with Crippen molar-refractivity contribution >= 4 is 11.8 Å². The highest BCUT2D eigenvalue weighted by Gasteiger charge is 2.54. The molecule has 1 aliphatic heterocycles. The Kier molecular flexibility index (Phi) is 1.05. The van der Waals surface area contributed by atoms with Crippen LogP contribution in [-0.2, 0) is 9.59 Å². The molecule has 11 heavy (non-hydrogen) atoms. The molecule has 1 aliphatic carbocycles. The van der Waals surface area contributed by atoms with Crippen LogP contribution in [0.3, 0.4) is 0 Å². The molecule has 1 saturated carbocycles. The molecule has 0 aromatic carbocycles. The zero-order valence-corrected chi connectivity index (χ0v) is 5.70. The number of rotatable bonds is 0. The number of hydrogen-bond donors (Lipinski definition) is 1. The summed E-state index contributed by atoms with van der Waals surface area (Å²) in [5.41, 5.74) is 0. The molecular formula is C7H6N2O2. The highest BCUT2D eigenvalue weighted by molar-refractivity contribution is 6.06. The molecule has 4 nitrogen and oxygen atoms in total. The van der Waals surface area contributed by atoms with Gasteiger partial charge in [0.25, 0.3) is 0 Å². The topological polar surface area (TPSA) is 70.0 Å². The number of carbonyl (C=O) groups is 2. The Labute approximate surface area is 63.2 Å². The molecule has 0 aromatic rings. The molecule has 4 heteroatoms. The Hall–Kier alpha value is -1.37. The van der Waals surface area contributed by atoms with E-state index in [2.05, 4.69) is 5.32 Å². The summed E-state index contributed by atoms with van der Waals surface area (Å²) >= 11 is 0. The van der Waals surface area contributed by atoms with Crippen LogP contribution in [0.25, 0.3) is 0 Å². The number of carbonyl (C=O) groups excluding carboxylic acids is 2. The van der Waals surface area contributed by atoms with Gasteiger partial charge in [0, 0.05) is 0 Å². The second-order valence-corrected chi connectivity index (χ2v) is 2.96. The molecule has 0 aromatic heterocycles. The van der Waals surface area contributed by atoms with Crippen molar-refractivity contribution in [1.29, 1.82) is 5.26 Å². The average molecular weight is 150 g/mol. The molecule has 1 saturated heterocycles. The van der Waals surface area contributed by atoms with Gasteiger partial charge in [-0.25, -0.2) is 0 Å². The third kappa shape index (κ3) is 0.625. The molecule has 0 radical (unpaired) electrons. The first-order valence-corrected chi connectivity index (χ1v) is 3.48. The van der Waals surface area contributed by atoms with Crippen LogP contribution in [0, 0.1) is 29.1 Å². The molecule has 56 valence electrons. The zero-order valence-electron chi connectivity index (χ0n) is 5.70. The van der Waals surface area contributed by atoms with Crippen LogP contribution in [-0.4, -0.2) is 11.8 Å². The van der Waals surface area contributed by atoms with Crippen molar-refractivity contribution in [2.24, 2.45) is 17.8 Å². The van der Waals surface area contributed by atoms with E-state index in [9.17, 15) is 9.59 Å². The quantitative estimate of drug-likeness (QED) is 0.469. The highest BCUT2D eigenvalue weighted by atomic mass is 16.2. The van der Waals surface area contributed by atoms with Crippen molar-refractivity contribution in [3.63, 3.8) is 0 Å². The van der Waals surface area contributed by atoms with Gasteiger partial charge in [0.2, 0.25) is 11.8 Å². The fourth-order valence-electron chi connectivity index (χ4n) is 1.72. The first-order chi connectivity index (χ1) is 5.24. The minimum atomic E-state index is -0.340. The lowest BCUT2D eigenvalue weighted by molar-refractivity contribution is -0.126. The summed E-state index contributed by atoms with van der Waals surface area (Å²) in [6, 6.07) is 2.01. The molecule has 2 unspecified atom stereocenters. The van der Waals surface area contributed by atoms with Crippen LogP contribution in [0.4, 0.5) is 0 Å². The highest BCUT2D eigenvalue weighted by Crippen LogP contribution is 2.43. The molecule has 1 heterocycles. The molecule has 0 spiro atoms. The molecule has 2 aliphatic rings. The first-order valence-electron chi connectivity index (χ1n) is 3.48. The Morgan fingerprint density at radius 2 is 2.18 bits per heavy atom. The van der Waals surface area contributed by atoms with Gasteiger partial charge in [0.15, 0.2) is 0 Å². The Balaban J connectivity index is 2.23. The van der Waals surface area contributed by atoms with Gasteiger partial charge in [0.1, 0.15) is 0 Å². The summed E-state index contributed by atoms with van der Waals surface area (Å²) in [5, 5.41) is 10.7. The van der Waals surface area contributed by atoms with E-state index in [1.807, 2.05) is 6.07 Å². The number of nitrogens with zero attached hydrogens (tertiary/aromatic N) is 1. The summed E-state index contributed by atoms with van der Waals surface area (Å²) in [4.78, 5) is 21.8. The smallest absolute Gasteiger partial charge is 0.231 e. The van der Waals surface area contributed by atoms with Gasteiger partial charge in [0.05, 0.1) is 23.8 Å². The van der Waals surface area contributed by atoms with E-state index in [1.54, 1.807) is 0 Å². The standard InChI is InChI=1S/C7H6N2O2/c8-2-3-1-4-5(3)7(11)9-6(4)10/h3-5H,1H2,(H,9,10,11)/t3-,4?,5?/m1/s1. The maximum Gasteiger partial charge on any atom is 0.231 e. The number of amides is 2. The van der Waals surface area contributed by atoms with E-state index < -0.39 is 0 Å². The second kappa shape index (κ2) is 1.82. The molecule has 1 N–H and O–H groups in total. The third-order valence-corrected chi connectivity index (χ3v) is 2.43. The Morgan fingerprint density at radius 1 is 1.45 bits per heavy atom. The van der Waals surface area contributed by atoms with Crippen LogP contribution in [0.1, 0.15) is 6.42 Å². The lowest BCUT2D eigenvalue weighted by Gasteiger charge is -2.30. The second-order valence-electron chi connectivity index (χ2n) is 2.96. The van der Waals surface area contributed by atoms with E-state index >= 15 is 0 Å². The van der Waals surface area contributed by atoms with Gasteiger partial charge in [-0.15, -0.1) is 0 Å². The van der Waals surface area contributed by atoms with Gasteiger partial charge < -0.3 is 0 Å². The number of hydrogen-bond acceptors (Lipinski definition) is 3. The van der Waals surface area contributed by atoms with E-state index in [4.69, 9.17) is 5.26 Å². The van der Waals surface area contributed by atoms with Gasteiger partial charge in [-0.2, -0.15) is 5.26 Å². The van der Waals surface area contributed by atoms with Crippen LogP contribution < -0.4 is 5.32 Å². The number of imide groups is 1. The SMILES string of the molecule is N#C[C@H]1CC2C(=O)NC(=O)C21. The number of nitriles is 1. The largest absolute Gasteiger partial charge is 0.296 e. The molecule has 2 rings (SSSR count). The van der Waals surface area contributed by atoms with Crippen molar-refractivity contribution in [3.8, 4) is 6.07 Å². The van der Waals surface area contributed by atoms with Crippen LogP contribution in [0.2, 0.25) is 0 Å². The maximum absolute atomic E-state index is 10.9. The summed E-state index contributed by atoms with van der Waals surface area (Å²) in [5.74, 6) is -1.24. The minimum absolute atomic E-state index is 0.202. The number of fused-ring (bicyclic) bond motifs is 1. The fourth-order valence-corrected chi connectivity index (χ4v) is 1.72. The van der Waals surface area contributed by atoms with Crippen molar-refractivity contribution in [1.82, 2.24) is 5.32 Å². The van der Waals surface area contributed by atoms with Crippen molar-refractivity contribution in [3.05, 3.63) is 0 Å². The van der Waals surface area contributed by atoms with E-state index in [0.29, 0.717) is 6.42 Å². The first kappa shape index (κ1) is 6.35. The number of nitrogens with one attached hydrogen (secondary N) is 1. The van der Waals surface area contributed by atoms with Crippen LogP contribution >= 0.6 is 0 Å². The van der Waals surface area contributed by atoms with Crippen molar-refractivity contribution in [2.75, 3.05) is 0 Å². The van der Waals surface area contributed by atoms with Crippen LogP contribution in [0.15, 0.2) is 0 Å². The summed E-state index contributed by atoms with van der Waals surface area (Å²) in [6.45, 7) is 0. The van der Waals surface area contributed by atoms with E-state index in [1.165, 1.54) is 0 Å². The van der Waals surface area contributed by atoms with Gasteiger partial charge in [-0.1, -0.05) is 0 Å². The van der Waals surface area contributed by atoms with Crippen molar-refractivity contribution < 1.29 is 9.59 Å². The molecule has 3 atom stereocenters. The normalized spacial score (nSPS) is 40.5. The fraction of sp³-hybridized carbons (Fsp3) is 0.571. The van der Waals surface area contributed by atoms with Gasteiger partial charge in [-0.05, 0) is 6.42 Å². The van der Waals surface area contributed by atoms with E-state index in [-0.39, 0.29) is 29.6 Å². The maximum atomic E-state index is 10.9. The molecule has 0 bridgehead atoms.